The SMILES string of the molecule is CO[C@H]1C[C@@H](CN2CCCC2)N(C(=O)c2cc[nH]c2C)C1. The van der Waals surface area contributed by atoms with Crippen LogP contribution in [0.3, 0.4) is 0 Å². The summed E-state index contributed by atoms with van der Waals surface area (Å²) in [5.74, 6) is 0.137. The third-order valence-electron chi connectivity index (χ3n) is 4.82. The Morgan fingerprint density at radius 2 is 2.19 bits per heavy atom. The zero-order valence-corrected chi connectivity index (χ0v) is 13.0. The molecule has 5 heteroatoms. The quantitative estimate of drug-likeness (QED) is 0.917. The molecule has 0 radical (unpaired) electrons. The Morgan fingerprint density at radius 1 is 1.43 bits per heavy atom. The van der Waals surface area contributed by atoms with E-state index in [9.17, 15) is 4.79 Å². The molecule has 0 aliphatic carbocycles. The molecule has 2 saturated heterocycles. The van der Waals surface area contributed by atoms with E-state index in [1.807, 2.05) is 24.1 Å². The average molecular weight is 291 g/mol. The van der Waals surface area contributed by atoms with Gasteiger partial charge in [-0.25, -0.2) is 0 Å². The fourth-order valence-corrected chi connectivity index (χ4v) is 3.57. The van der Waals surface area contributed by atoms with Crippen molar-refractivity contribution in [2.45, 2.75) is 38.3 Å². The van der Waals surface area contributed by atoms with Crippen molar-refractivity contribution in [3.05, 3.63) is 23.5 Å². The van der Waals surface area contributed by atoms with Crippen molar-refractivity contribution in [1.29, 1.82) is 0 Å². The largest absolute Gasteiger partial charge is 0.380 e. The second-order valence-corrected chi connectivity index (χ2v) is 6.23. The van der Waals surface area contributed by atoms with Crippen LogP contribution >= 0.6 is 0 Å². The molecule has 2 aliphatic heterocycles. The Balaban J connectivity index is 1.73. The maximum absolute atomic E-state index is 12.8. The van der Waals surface area contributed by atoms with Crippen molar-refractivity contribution in [2.75, 3.05) is 33.3 Å². The number of aromatic amines is 1. The molecular formula is C16H25N3O2. The monoisotopic (exact) mass is 291 g/mol. The number of aromatic nitrogens is 1. The van der Waals surface area contributed by atoms with Gasteiger partial charge in [-0.1, -0.05) is 0 Å². The van der Waals surface area contributed by atoms with Gasteiger partial charge in [0.25, 0.3) is 5.91 Å². The van der Waals surface area contributed by atoms with Crippen molar-refractivity contribution in [3.63, 3.8) is 0 Å². The molecule has 1 amide bonds. The first-order chi connectivity index (χ1) is 10.2. The molecule has 0 unspecified atom stereocenters. The number of likely N-dealkylation sites (tertiary alicyclic amines) is 2. The maximum Gasteiger partial charge on any atom is 0.256 e. The number of hydrogen-bond donors (Lipinski definition) is 1. The third-order valence-corrected chi connectivity index (χ3v) is 4.82. The van der Waals surface area contributed by atoms with E-state index in [-0.39, 0.29) is 18.1 Å². The van der Waals surface area contributed by atoms with Crippen molar-refractivity contribution in [3.8, 4) is 0 Å². The van der Waals surface area contributed by atoms with Crippen LogP contribution in [-0.2, 0) is 4.74 Å². The lowest BCUT2D eigenvalue weighted by molar-refractivity contribution is 0.0669. The molecular weight excluding hydrogens is 266 g/mol. The number of nitrogens with one attached hydrogen (secondary N) is 1. The minimum absolute atomic E-state index is 0.137. The molecule has 116 valence electrons. The van der Waals surface area contributed by atoms with Gasteiger partial charge in [-0.3, -0.25) is 4.79 Å². The van der Waals surface area contributed by atoms with Gasteiger partial charge in [0.1, 0.15) is 0 Å². The van der Waals surface area contributed by atoms with Crippen LogP contribution in [-0.4, -0.2) is 66.1 Å². The molecule has 0 saturated carbocycles. The van der Waals surface area contributed by atoms with E-state index in [1.54, 1.807) is 7.11 Å². The van der Waals surface area contributed by atoms with E-state index in [4.69, 9.17) is 4.74 Å². The summed E-state index contributed by atoms with van der Waals surface area (Å²) >= 11 is 0. The number of ether oxygens (including phenoxy) is 1. The van der Waals surface area contributed by atoms with Gasteiger partial charge < -0.3 is 19.5 Å². The van der Waals surface area contributed by atoms with Gasteiger partial charge in [-0.15, -0.1) is 0 Å². The van der Waals surface area contributed by atoms with Crippen molar-refractivity contribution in [2.24, 2.45) is 0 Å². The predicted octanol–water partition coefficient (Wildman–Crippen LogP) is 1.65. The van der Waals surface area contributed by atoms with Gasteiger partial charge in [-0.05, 0) is 45.3 Å². The lowest BCUT2D eigenvalue weighted by Crippen LogP contribution is -2.42. The Hall–Kier alpha value is -1.33. The third kappa shape index (κ3) is 2.99. The molecule has 2 atom stereocenters. The van der Waals surface area contributed by atoms with Crippen molar-refractivity contribution in [1.82, 2.24) is 14.8 Å². The number of amides is 1. The molecule has 0 bridgehead atoms. The van der Waals surface area contributed by atoms with Gasteiger partial charge in [0.05, 0.1) is 11.7 Å². The van der Waals surface area contributed by atoms with Crippen LogP contribution in [0, 0.1) is 6.92 Å². The van der Waals surface area contributed by atoms with Gasteiger partial charge in [0.2, 0.25) is 0 Å². The number of carbonyl (C=O) groups is 1. The van der Waals surface area contributed by atoms with E-state index in [1.165, 1.54) is 25.9 Å². The predicted molar refractivity (Wildman–Crippen MR) is 81.4 cm³/mol. The number of aryl methyl sites for hydroxylation is 1. The molecule has 2 fully saturated rings. The Morgan fingerprint density at radius 3 is 2.81 bits per heavy atom. The number of hydrogen-bond acceptors (Lipinski definition) is 3. The molecule has 0 spiro atoms. The first-order valence-corrected chi connectivity index (χ1v) is 7.89. The van der Waals surface area contributed by atoms with E-state index >= 15 is 0 Å². The second-order valence-electron chi connectivity index (χ2n) is 6.23. The maximum atomic E-state index is 12.8. The van der Waals surface area contributed by atoms with Gasteiger partial charge >= 0.3 is 0 Å². The minimum atomic E-state index is 0.137. The number of nitrogens with zero attached hydrogens (tertiary/aromatic N) is 2. The highest BCUT2D eigenvalue weighted by Crippen LogP contribution is 2.25. The molecule has 5 nitrogen and oxygen atoms in total. The highest BCUT2D eigenvalue weighted by Gasteiger charge is 2.37. The minimum Gasteiger partial charge on any atom is -0.380 e. The van der Waals surface area contributed by atoms with Crippen LogP contribution in [0.15, 0.2) is 12.3 Å². The first-order valence-electron chi connectivity index (χ1n) is 7.89. The molecule has 3 heterocycles. The summed E-state index contributed by atoms with van der Waals surface area (Å²) in [6, 6.07) is 2.15. The van der Waals surface area contributed by atoms with Crippen molar-refractivity contribution < 1.29 is 9.53 Å². The molecule has 1 aromatic heterocycles. The zero-order valence-electron chi connectivity index (χ0n) is 13.0. The standard InChI is InChI=1S/C16H25N3O2/c1-12-15(5-6-17-12)16(20)19-11-14(21-2)9-13(19)10-18-7-3-4-8-18/h5-6,13-14,17H,3-4,7-11H2,1-2H3/t13-,14-/m0/s1. The zero-order chi connectivity index (χ0) is 14.8. The Bertz CT molecular complexity index is 493. The fourth-order valence-electron chi connectivity index (χ4n) is 3.57. The Labute approximate surface area is 126 Å². The summed E-state index contributed by atoms with van der Waals surface area (Å²) in [4.78, 5) is 20.4. The summed E-state index contributed by atoms with van der Waals surface area (Å²) < 4.78 is 5.51. The molecule has 2 aliphatic rings. The summed E-state index contributed by atoms with van der Waals surface area (Å²) in [6.07, 6.45) is 5.52. The first kappa shape index (κ1) is 14.6. The summed E-state index contributed by atoms with van der Waals surface area (Å²) in [7, 11) is 1.74. The summed E-state index contributed by atoms with van der Waals surface area (Å²) in [5, 5.41) is 0. The van der Waals surface area contributed by atoms with E-state index in [2.05, 4.69) is 9.88 Å². The van der Waals surface area contributed by atoms with Crippen LogP contribution in [0.25, 0.3) is 0 Å². The number of rotatable bonds is 4. The highest BCUT2D eigenvalue weighted by molar-refractivity contribution is 5.95. The number of methoxy groups -OCH3 is 1. The van der Waals surface area contributed by atoms with Crippen LogP contribution in [0.1, 0.15) is 35.3 Å². The Kier molecular flexibility index (Phi) is 4.31. The topological polar surface area (TPSA) is 48.6 Å². The highest BCUT2D eigenvalue weighted by atomic mass is 16.5. The molecule has 0 aromatic carbocycles. The van der Waals surface area contributed by atoms with Gasteiger partial charge in [-0.2, -0.15) is 0 Å². The molecule has 1 aromatic rings. The van der Waals surface area contributed by atoms with Gasteiger partial charge in [0, 0.05) is 38.1 Å². The lowest BCUT2D eigenvalue weighted by Gasteiger charge is -2.28. The summed E-state index contributed by atoms with van der Waals surface area (Å²) in [5.41, 5.74) is 1.74. The lowest BCUT2D eigenvalue weighted by atomic mass is 10.1. The number of H-pyrrole nitrogens is 1. The van der Waals surface area contributed by atoms with Crippen LogP contribution in [0.2, 0.25) is 0 Å². The average Bonchev–Trinajstić information content (AvgIpc) is 3.19. The van der Waals surface area contributed by atoms with Crippen LogP contribution in [0.5, 0.6) is 0 Å². The fraction of sp³-hybridized carbons (Fsp3) is 0.688. The summed E-state index contributed by atoms with van der Waals surface area (Å²) in [6.45, 7) is 5.97. The normalized spacial score (nSPS) is 26.7. The molecule has 1 N–H and O–H groups in total. The molecule has 3 rings (SSSR count). The van der Waals surface area contributed by atoms with E-state index in [0.717, 1.165) is 24.2 Å². The van der Waals surface area contributed by atoms with Crippen LogP contribution < -0.4 is 0 Å². The van der Waals surface area contributed by atoms with Crippen molar-refractivity contribution >= 4 is 5.91 Å². The van der Waals surface area contributed by atoms with Gasteiger partial charge in [0.15, 0.2) is 0 Å². The molecule has 21 heavy (non-hydrogen) atoms. The van der Waals surface area contributed by atoms with E-state index in [0.29, 0.717) is 6.54 Å². The second kappa shape index (κ2) is 6.20. The van der Waals surface area contributed by atoms with Crippen LogP contribution in [0.4, 0.5) is 0 Å². The van der Waals surface area contributed by atoms with E-state index < -0.39 is 0 Å². The smallest absolute Gasteiger partial charge is 0.256 e. The number of carbonyl (C=O) groups excluding carboxylic acids is 1.